The fourth-order valence-electron chi connectivity index (χ4n) is 1.46. The van der Waals surface area contributed by atoms with E-state index in [9.17, 15) is 13.5 Å². The van der Waals surface area contributed by atoms with Gasteiger partial charge in [-0.05, 0) is 12.1 Å². The fourth-order valence-corrected chi connectivity index (χ4v) is 2.64. The maximum Gasteiger partial charge on any atom is 0.279 e. The van der Waals surface area contributed by atoms with E-state index >= 15 is 0 Å². The van der Waals surface area contributed by atoms with Crippen molar-refractivity contribution < 1.29 is 13.5 Å². The molecule has 0 atom stereocenters. The van der Waals surface area contributed by atoms with Gasteiger partial charge in [0.25, 0.3) is 10.0 Å². The van der Waals surface area contributed by atoms with Crippen molar-refractivity contribution in [1.29, 1.82) is 0 Å². The van der Waals surface area contributed by atoms with Gasteiger partial charge in [0.05, 0.1) is 16.9 Å². The van der Waals surface area contributed by atoms with Gasteiger partial charge >= 0.3 is 0 Å². The second-order valence-electron chi connectivity index (χ2n) is 3.79. The van der Waals surface area contributed by atoms with Gasteiger partial charge < -0.3 is 10.1 Å². The Morgan fingerprint density at radius 2 is 2.21 bits per heavy atom. The van der Waals surface area contributed by atoms with Crippen LogP contribution >= 0.6 is 11.6 Å². The van der Waals surface area contributed by atoms with E-state index in [-0.39, 0.29) is 21.5 Å². The van der Waals surface area contributed by atoms with E-state index < -0.39 is 10.0 Å². The molecular formula is C11H12ClN3O3S. The van der Waals surface area contributed by atoms with E-state index in [1.165, 1.54) is 24.4 Å². The standard InChI is InChI=1S/C11H12ClN3O3S/c1-2-9-13-6-10(14-9)19(17,18)15-8-5-3-4-7(12)11(8)16/h3-6,15-16H,2H2,1H3,(H,13,14). The summed E-state index contributed by atoms with van der Waals surface area (Å²) in [7, 11) is -3.83. The Labute approximate surface area is 115 Å². The van der Waals surface area contributed by atoms with Crippen LogP contribution in [0.1, 0.15) is 12.7 Å². The van der Waals surface area contributed by atoms with Crippen LogP contribution in [0.25, 0.3) is 0 Å². The summed E-state index contributed by atoms with van der Waals surface area (Å²) in [6.45, 7) is 1.85. The maximum atomic E-state index is 12.1. The summed E-state index contributed by atoms with van der Waals surface area (Å²) in [5, 5.41) is 9.68. The van der Waals surface area contributed by atoms with Crippen LogP contribution in [0.2, 0.25) is 5.02 Å². The van der Waals surface area contributed by atoms with E-state index in [2.05, 4.69) is 14.7 Å². The number of para-hydroxylation sites is 1. The molecule has 0 spiro atoms. The van der Waals surface area contributed by atoms with Crippen LogP contribution < -0.4 is 4.72 Å². The van der Waals surface area contributed by atoms with Crippen molar-refractivity contribution in [1.82, 2.24) is 9.97 Å². The number of sulfonamides is 1. The highest BCUT2D eigenvalue weighted by molar-refractivity contribution is 7.92. The normalized spacial score (nSPS) is 11.5. The van der Waals surface area contributed by atoms with Gasteiger partial charge in [0.15, 0.2) is 10.8 Å². The number of hydrogen-bond acceptors (Lipinski definition) is 4. The number of rotatable bonds is 4. The van der Waals surface area contributed by atoms with Gasteiger partial charge in [-0.2, -0.15) is 8.42 Å². The maximum absolute atomic E-state index is 12.1. The minimum Gasteiger partial charge on any atom is -0.504 e. The first-order chi connectivity index (χ1) is 8.94. The summed E-state index contributed by atoms with van der Waals surface area (Å²) in [6.07, 6.45) is 1.82. The summed E-state index contributed by atoms with van der Waals surface area (Å²) in [5.74, 6) is 0.249. The third-order valence-corrected chi connectivity index (χ3v) is 4.04. The van der Waals surface area contributed by atoms with Gasteiger partial charge in [0.1, 0.15) is 5.82 Å². The van der Waals surface area contributed by atoms with Gasteiger partial charge in [-0.15, -0.1) is 0 Å². The number of aromatic amines is 1. The zero-order valence-electron chi connectivity index (χ0n) is 10.0. The molecule has 1 aromatic heterocycles. The molecule has 0 aliphatic heterocycles. The molecule has 1 aromatic carbocycles. The van der Waals surface area contributed by atoms with Crippen molar-refractivity contribution >= 4 is 27.3 Å². The molecule has 8 heteroatoms. The molecule has 3 N–H and O–H groups in total. The van der Waals surface area contributed by atoms with Gasteiger partial charge in [-0.1, -0.05) is 24.6 Å². The average Bonchev–Trinajstić information content (AvgIpc) is 2.84. The molecular weight excluding hydrogens is 290 g/mol. The SMILES string of the molecule is CCc1ncc(S(=O)(=O)Nc2cccc(Cl)c2O)[nH]1. The van der Waals surface area contributed by atoms with E-state index in [1.54, 1.807) is 0 Å². The largest absolute Gasteiger partial charge is 0.504 e. The van der Waals surface area contributed by atoms with Crippen LogP contribution in [0.4, 0.5) is 5.69 Å². The number of halogens is 1. The number of benzene rings is 1. The average molecular weight is 302 g/mol. The van der Waals surface area contributed by atoms with Gasteiger partial charge in [0.2, 0.25) is 0 Å². The van der Waals surface area contributed by atoms with Crippen LogP contribution in [0.3, 0.4) is 0 Å². The number of phenols is 1. The molecule has 2 rings (SSSR count). The molecule has 0 saturated carbocycles. The number of aromatic nitrogens is 2. The molecule has 0 saturated heterocycles. The Bertz CT molecular complexity index is 697. The molecule has 0 unspecified atom stereocenters. The number of aryl methyl sites for hydroxylation is 1. The third kappa shape index (κ3) is 2.82. The Hall–Kier alpha value is -1.73. The van der Waals surface area contributed by atoms with Crippen LogP contribution in [0.5, 0.6) is 5.75 Å². The molecule has 0 amide bonds. The zero-order chi connectivity index (χ0) is 14.0. The lowest BCUT2D eigenvalue weighted by Crippen LogP contribution is -2.13. The summed E-state index contributed by atoms with van der Waals surface area (Å²) < 4.78 is 26.4. The molecule has 0 aliphatic carbocycles. The minimum absolute atomic E-state index is 0.0140. The van der Waals surface area contributed by atoms with Gasteiger partial charge in [-0.3, -0.25) is 4.72 Å². The number of anilines is 1. The molecule has 2 aromatic rings. The monoisotopic (exact) mass is 301 g/mol. The topological polar surface area (TPSA) is 95.1 Å². The van der Waals surface area contributed by atoms with Crippen molar-refractivity contribution in [3.63, 3.8) is 0 Å². The lowest BCUT2D eigenvalue weighted by molar-refractivity contribution is 0.478. The van der Waals surface area contributed by atoms with Crippen LogP contribution in [-0.2, 0) is 16.4 Å². The first-order valence-corrected chi connectivity index (χ1v) is 7.34. The molecule has 6 nitrogen and oxygen atoms in total. The lowest BCUT2D eigenvalue weighted by atomic mass is 10.3. The molecule has 0 aliphatic rings. The zero-order valence-corrected chi connectivity index (χ0v) is 11.6. The number of nitrogens with zero attached hydrogens (tertiary/aromatic N) is 1. The summed E-state index contributed by atoms with van der Waals surface area (Å²) >= 11 is 5.71. The highest BCUT2D eigenvalue weighted by Crippen LogP contribution is 2.32. The summed E-state index contributed by atoms with van der Waals surface area (Å²) in [5.41, 5.74) is 0.0140. The van der Waals surface area contributed by atoms with Gasteiger partial charge in [0, 0.05) is 6.42 Å². The van der Waals surface area contributed by atoms with Crippen molar-refractivity contribution in [3.8, 4) is 5.75 Å². The first kappa shape index (κ1) is 13.7. The van der Waals surface area contributed by atoms with Gasteiger partial charge in [-0.25, -0.2) is 4.98 Å². The summed E-state index contributed by atoms with van der Waals surface area (Å²) in [6, 6.07) is 4.40. The highest BCUT2D eigenvalue weighted by Gasteiger charge is 2.19. The van der Waals surface area contributed by atoms with Crippen LogP contribution in [0, 0.1) is 0 Å². The van der Waals surface area contributed by atoms with E-state index in [0.29, 0.717) is 12.2 Å². The van der Waals surface area contributed by atoms with Crippen molar-refractivity contribution in [2.75, 3.05) is 4.72 Å². The molecule has 1 heterocycles. The quantitative estimate of drug-likeness (QED) is 0.754. The molecule has 0 radical (unpaired) electrons. The second kappa shape index (κ2) is 5.10. The Balaban J connectivity index is 2.33. The number of phenolic OH excluding ortho intramolecular Hbond substituents is 1. The number of imidazole rings is 1. The Kier molecular flexibility index (Phi) is 3.68. The van der Waals surface area contributed by atoms with Crippen LogP contribution in [-0.4, -0.2) is 23.5 Å². The Morgan fingerprint density at radius 1 is 1.47 bits per heavy atom. The molecule has 19 heavy (non-hydrogen) atoms. The highest BCUT2D eigenvalue weighted by atomic mass is 35.5. The van der Waals surface area contributed by atoms with Crippen molar-refractivity contribution in [2.45, 2.75) is 18.4 Å². The molecule has 0 bridgehead atoms. The predicted molar refractivity (Wildman–Crippen MR) is 71.9 cm³/mol. The molecule has 0 fully saturated rings. The number of hydrogen-bond donors (Lipinski definition) is 3. The molecule has 102 valence electrons. The lowest BCUT2D eigenvalue weighted by Gasteiger charge is -2.08. The van der Waals surface area contributed by atoms with Crippen molar-refractivity contribution in [3.05, 3.63) is 35.2 Å². The Morgan fingerprint density at radius 3 is 2.84 bits per heavy atom. The minimum atomic E-state index is -3.83. The summed E-state index contributed by atoms with van der Waals surface area (Å²) in [4.78, 5) is 6.60. The van der Waals surface area contributed by atoms with E-state index in [4.69, 9.17) is 11.6 Å². The fraction of sp³-hybridized carbons (Fsp3) is 0.182. The number of nitrogens with one attached hydrogen (secondary N) is 2. The van der Waals surface area contributed by atoms with E-state index in [0.717, 1.165) is 0 Å². The predicted octanol–water partition coefficient (Wildman–Crippen LogP) is 2.13. The third-order valence-electron chi connectivity index (χ3n) is 2.46. The van der Waals surface area contributed by atoms with Crippen LogP contribution in [0.15, 0.2) is 29.4 Å². The number of H-pyrrole nitrogens is 1. The smallest absolute Gasteiger partial charge is 0.279 e. The first-order valence-electron chi connectivity index (χ1n) is 5.48. The van der Waals surface area contributed by atoms with E-state index in [1.807, 2.05) is 6.92 Å². The number of aromatic hydroxyl groups is 1. The van der Waals surface area contributed by atoms with Crippen molar-refractivity contribution in [2.24, 2.45) is 0 Å². The second-order valence-corrected chi connectivity index (χ2v) is 5.85.